The van der Waals surface area contributed by atoms with E-state index in [-0.39, 0.29) is 15.0 Å². The summed E-state index contributed by atoms with van der Waals surface area (Å²) in [4.78, 5) is -0.501. The van der Waals surface area contributed by atoms with Crippen molar-refractivity contribution in [3.63, 3.8) is 0 Å². The molecule has 2 aromatic heterocycles. The predicted molar refractivity (Wildman–Crippen MR) is 90.0 cm³/mol. The molecule has 0 spiro atoms. The third-order valence-electron chi connectivity index (χ3n) is 3.38. The number of halogens is 6. The molecule has 0 aliphatic heterocycles. The normalized spacial score (nSPS) is 12.1. The van der Waals surface area contributed by atoms with E-state index in [2.05, 4.69) is 21.0 Å². The van der Waals surface area contributed by atoms with Crippen LogP contribution in [0.25, 0.3) is 5.52 Å². The molecule has 0 bridgehead atoms. The Bertz CT molecular complexity index is 1120. The summed E-state index contributed by atoms with van der Waals surface area (Å²) >= 11 is 8.47. The van der Waals surface area contributed by atoms with Crippen molar-refractivity contribution >= 4 is 48.8 Å². The highest BCUT2D eigenvalue weighted by molar-refractivity contribution is 9.10. The third-order valence-corrected chi connectivity index (χ3v) is 5.69. The van der Waals surface area contributed by atoms with Gasteiger partial charge >= 0.3 is 0 Å². The van der Waals surface area contributed by atoms with Crippen LogP contribution in [0.1, 0.15) is 12.1 Å². The number of benzene rings is 1. The van der Waals surface area contributed by atoms with Crippen molar-refractivity contribution in [2.45, 2.75) is 11.3 Å². The van der Waals surface area contributed by atoms with Crippen molar-refractivity contribution < 1.29 is 26.0 Å². The largest absolute Gasteiger partial charge is 0.281 e. The van der Waals surface area contributed by atoms with Gasteiger partial charge in [-0.2, -0.15) is 5.10 Å². The number of nitrogens with one attached hydrogen (secondary N) is 1. The highest BCUT2D eigenvalue weighted by Crippen LogP contribution is 2.31. The molecule has 1 N–H and O–H groups in total. The number of alkyl halides is 2. The summed E-state index contributed by atoms with van der Waals surface area (Å²) in [6, 6.07) is 3.66. The van der Waals surface area contributed by atoms with Gasteiger partial charge in [0.15, 0.2) is 0 Å². The molecule has 0 fully saturated rings. The molecule has 0 aliphatic rings. The van der Waals surface area contributed by atoms with Crippen LogP contribution < -0.4 is 4.72 Å². The SMILES string of the molecule is O=S(=O)(Nc1cc(F)c(Br)cc1F)c1cnn2c(C(F)F)c(Cl)ccc12. The molecule has 0 unspecified atom stereocenters. The van der Waals surface area contributed by atoms with Gasteiger partial charge in [-0.1, -0.05) is 11.6 Å². The van der Waals surface area contributed by atoms with E-state index in [1.165, 1.54) is 6.07 Å². The number of nitrogens with zero attached hydrogens (tertiary/aromatic N) is 2. The molecule has 0 radical (unpaired) electrons. The van der Waals surface area contributed by atoms with Crippen LogP contribution in [0.3, 0.4) is 0 Å². The van der Waals surface area contributed by atoms with Gasteiger partial charge in [0.2, 0.25) is 0 Å². The molecular weight excluding hydrogens is 466 g/mol. The van der Waals surface area contributed by atoms with Crippen molar-refractivity contribution in [1.82, 2.24) is 9.61 Å². The topological polar surface area (TPSA) is 63.5 Å². The van der Waals surface area contributed by atoms with Crippen LogP contribution in [-0.4, -0.2) is 18.0 Å². The monoisotopic (exact) mass is 471 g/mol. The van der Waals surface area contributed by atoms with Crippen LogP contribution in [0, 0.1) is 11.6 Å². The Balaban J connectivity index is 2.11. The molecular formula is C14H7BrClF4N3O2S. The van der Waals surface area contributed by atoms with Gasteiger partial charge in [-0.3, -0.25) is 4.72 Å². The first kappa shape index (κ1) is 18.9. The van der Waals surface area contributed by atoms with Gasteiger partial charge in [0.1, 0.15) is 22.2 Å². The van der Waals surface area contributed by atoms with Crippen LogP contribution >= 0.6 is 27.5 Å². The van der Waals surface area contributed by atoms with Crippen molar-refractivity contribution in [2.24, 2.45) is 0 Å². The summed E-state index contributed by atoms with van der Waals surface area (Å²) < 4.78 is 81.1. The molecule has 3 aromatic rings. The zero-order valence-corrected chi connectivity index (χ0v) is 15.5. The summed E-state index contributed by atoms with van der Waals surface area (Å²) in [6.07, 6.45) is -2.19. The molecule has 5 nitrogen and oxygen atoms in total. The Labute approximate surface area is 157 Å². The number of sulfonamides is 1. The molecule has 1 aromatic carbocycles. The molecule has 138 valence electrons. The van der Waals surface area contributed by atoms with E-state index >= 15 is 0 Å². The van der Waals surface area contributed by atoms with E-state index in [1.54, 1.807) is 0 Å². The number of fused-ring (bicyclic) bond motifs is 1. The molecule has 26 heavy (non-hydrogen) atoms. The van der Waals surface area contributed by atoms with E-state index in [0.29, 0.717) is 10.6 Å². The second-order valence-electron chi connectivity index (χ2n) is 5.02. The smallest absolute Gasteiger partial charge is 0.276 e. The number of rotatable bonds is 4. The number of pyridine rings is 1. The fourth-order valence-electron chi connectivity index (χ4n) is 2.23. The molecule has 12 heteroatoms. The van der Waals surface area contributed by atoms with Crippen LogP contribution in [0.2, 0.25) is 5.02 Å². The highest BCUT2D eigenvalue weighted by atomic mass is 79.9. The van der Waals surface area contributed by atoms with Crippen LogP contribution in [0.15, 0.2) is 39.8 Å². The van der Waals surface area contributed by atoms with Crippen LogP contribution in [0.5, 0.6) is 0 Å². The van der Waals surface area contributed by atoms with Crippen molar-refractivity contribution in [2.75, 3.05) is 4.72 Å². The zero-order valence-electron chi connectivity index (χ0n) is 12.4. The summed E-state index contributed by atoms with van der Waals surface area (Å²) in [7, 11) is -4.45. The summed E-state index contributed by atoms with van der Waals surface area (Å²) in [5.41, 5.74) is -1.53. The van der Waals surface area contributed by atoms with Crippen LogP contribution in [0.4, 0.5) is 23.2 Å². The lowest BCUT2D eigenvalue weighted by Gasteiger charge is -2.10. The third kappa shape index (κ3) is 3.26. The Morgan fingerprint density at radius 1 is 1.19 bits per heavy atom. The Kier molecular flexibility index (Phi) is 4.88. The average molecular weight is 473 g/mol. The summed E-state index contributed by atoms with van der Waals surface area (Å²) in [5, 5.41) is 3.32. The highest BCUT2D eigenvalue weighted by Gasteiger charge is 2.25. The molecule has 2 heterocycles. The Morgan fingerprint density at radius 2 is 1.88 bits per heavy atom. The van der Waals surface area contributed by atoms with Gasteiger partial charge in [0, 0.05) is 6.07 Å². The maximum absolute atomic E-state index is 13.9. The maximum Gasteiger partial charge on any atom is 0.281 e. The first-order chi connectivity index (χ1) is 12.1. The van der Waals surface area contributed by atoms with Crippen molar-refractivity contribution in [1.29, 1.82) is 0 Å². The lowest BCUT2D eigenvalue weighted by Crippen LogP contribution is -2.14. The number of hydrogen-bond donors (Lipinski definition) is 1. The Hall–Kier alpha value is -1.85. The molecule has 3 rings (SSSR count). The van der Waals surface area contributed by atoms with Crippen molar-refractivity contribution in [3.8, 4) is 0 Å². The number of anilines is 1. The van der Waals surface area contributed by atoms with Gasteiger partial charge in [-0.25, -0.2) is 30.5 Å². The van der Waals surface area contributed by atoms with E-state index in [9.17, 15) is 26.0 Å². The minimum Gasteiger partial charge on any atom is -0.276 e. The van der Waals surface area contributed by atoms with E-state index < -0.39 is 44.4 Å². The number of hydrogen-bond acceptors (Lipinski definition) is 3. The van der Waals surface area contributed by atoms with Crippen LogP contribution in [-0.2, 0) is 10.0 Å². The lowest BCUT2D eigenvalue weighted by atomic mass is 10.3. The van der Waals surface area contributed by atoms with Gasteiger partial charge in [0.25, 0.3) is 16.4 Å². The molecule has 0 amide bonds. The second-order valence-corrected chi connectivity index (χ2v) is 7.94. The van der Waals surface area contributed by atoms with E-state index in [0.717, 1.165) is 18.3 Å². The summed E-state index contributed by atoms with van der Waals surface area (Å²) in [5.74, 6) is -1.93. The number of aromatic nitrogens is 2. The minimum absolute atomic E-state index is 0.190. The summed E-state index contributed by atoms with van der Waals surface area (Å²) in [6.45, 7) is 0. The fraction of sp³-hybridized carbons (Fsp3) is 0.0714. The maximum atomic E-state index is 13.9. The quantitative estimate of drug-likeness (QED) is 0.440. The van der Waals surface area contributed by atoms with Crippen molar-refractivity contribution in [3.05, 3.63) is 57.3 Å². The first-order valence-corrected chi connectivity index (χ1v) is 9.39. The molecule has 0 aliphatic carbocycles. The Morgan fingerprint density at radius 3 is 2.54 bits per heavy atom. The molecule has 0 atom stereocenters. The van der Waals surface area contributed by atoms with E-state index in [1.807, 2.05) is 4.72 Å². The average Bonchev–Trinajstić information content (AvgIpc) is 2.96. The second kappa shape index (κ2) is 6.71. The fourth-order valence-corrected chi connectivity index (χ4v) is 3.94. The predicted octanol–water partition coefficient (Wildman–Crippen LogP) is 4.77. The van der Waals surface area contributed by atoms with Gasteiger partial charge in [-0.15, -0.1) is 0 Å². The van der Waals surface area contributed by atoms with Gasteiger partial charge in [0.05, 0.1) is 26.9 Å². The minimum atomic E-state index is -4.45. The van der Waals surface area contributed by atoms with E-state index in [4.69, 9.17) is 11.6 Å². The first-order valence-electron chi connectivity index (χ1n) is 6.73. The molecule has 0 saturated carbocycles. The standard InChI is InChI=1S/C14H7BrClF4N3O2S/c15-6-3-9(18)10(4-8(6)17)22-26(24,25)12-5-21-23-11(12)2-1-7(16)13(23)14(19)20/h1-5,14,22H. The molecule has 0 saturated heterocycles. The lowest BCUT2D eigenvalue weighted by molar-refractivity contribution is 0.143. The van der Waals surface area contributed by atoms with Gasteiger partial charge < -0.3 is 0 Å². The zero-order chi connectivity index (χ0) is 19.2. The van der Waals surface area contributed by atoms with Gasteiger partial charge in [-0.05, 0) is 34.1 Å².